The molecule has 0 aliphatic rings. The van der Waals surface area contributed by atoms with E-state index in [1.165, 1.54) is 37.3 Å². The Morgan fingerprint density at radius 3 is 2.30 bits per heavy atom. The zero-order valence-electron chi connectivity index (χ0n) is 17.6. The lowest BCUT2D eigenvalue weighted by Crippen LogP contribution is -2.47. The van der Waals surface area contributed by atoms with Gasteiger partial charge in [-0.25, -0.2) is 4.79 Å². The molecule has 0 aliphatic carbocycles. The minimum Gasteiger partial charge on any atom is -0.489 e. The predicted molar refractivity (Wildman–Crippen MR) is 114 cm³/mol. The van der Waals surface area contributed by atoms with Crippen LogP contribution in [0.3, 0.4) is 0 Å². The summed E-state index contributed by atoms with van der Waals surface area (Å²) >= 11 is 6.27. The van der Waals surface area contributed by atoms with Crippen molar-refractivity contribution in [2.45, 2.75) is 38.1 Å². The highest BCUT2D eigenvalue weighted by Crippen LogP contribution is 2.49. The fourth-order valence-corrected chi connectivity index (χ4v) is 3.62. The van der Waals surface area contributed by atoms with Crippen molar-refractivity contribution in [3.63, 3.8) is 0 Å². The Morgan fingerprint density at radius 1 is 1.12 bits per heavy atom. The highest BCUT2D eigenvalue weighted by Gasteiger charge is 2.60. The number of aromatic carboxylic acids is 1. The Kier molecular flexibility index (Phi) is 6.94. The highest BCUT2D eigenvalue weighted by molar-refractivity contribution is 6.31. The van der Waals surface area contributed by atoms with Crippen molar-refractivity contribution in [3.05, 3.63) is 88.0 Å². The summed E-state index contributed by atoms with van der Waals surface area (Å²) in [5.41, 5.74) is -2.65. The van der Waals surface area contributed by atoms with E-state index in [4.69, 9.17) is 21.4 Å². The van der Waals surface area contributed by atoms with E-state index in [0.29, 0.717) is 17.0 Å². The molecule has 0 saturated carbocycles. The standard InChI is InChI=1S/C23H20ClF3N2O4/c1-13-10-29-20(11-28-13)22(32,23(25,26)27)14(2)18-8-7-17(9-19(18)24)33-12-15-3-5-16(6-4-15)21(30)31/h3-11,14,32H,12H2,1-2H3,(H,30,31)/t14-,22-/m0/s1. The molecule has 1 aromatic heterocycles. The average Bonchev–Trinajstić information content (AvgIpc) is 2.76. The molecule has 0 fully saturated rings. The number of hydrogen-bond acceptors (Lipinski definition) is 5. The van der Waals surface area contributed by atoms with Crippen molar-refractivity contribution < 1.29 is 32.9 Å². The van der Waals surface area contributed by atoms with Crippen LogP contribution in [0.4, 0.5) is 13.2 Å². The number of carbonyl (C=O) groups is 1. The van der Waals surface area contributed by atoms with Crippen LogP contribution < -0.4 is 4.74 Å². The second-order valence-corrected chi connectivity index (χ2v) is 7.91. The predicted octanol–water partition coefficient (Wildman–Crippen LogP) is 5.27. The summed E-state index contributed by atoms with van der Waals surface area (Å²) < 4.78 is 47.6. The summed E-state index contributed by atoms with van der Waals surface area (Å²) in [5.74, 6) is -2.25. The molecule has 2 aromatic carbocycles. The van der Waals surface area contributed by atoms with Gasteiger partial charge in [-0.2, -0.15) is 13.2 Å². The van der Waals surface area contributed by atoms with Crippen molar-refractivity contribution in [1.29, 1.82) is 0 Å². The number of nitrogens with zero attached hydrogens (tertiary/aromatic N) is 2. The molecule has 6 nitrogen and oxygen atoms in total. The lowest BCUT2D eigenvalue weighted by Gasteiger charge is -2.35. The van der Waals surface area contributed by atoms with E-state index in [2.05, 4.69) is 9.97 Å². The van der Waals surface area contributed by atoms with Crippen molar-refractivity contribution in [2.75, 3.05) is 0 Å². The van der Waals surface area contributed by atoms with E-state index in [0.717, 1.165) is 12.4 Å². The molecule has 0 aliphatic heterocycles. The Labute approximate surface area is 192 Å². The number of carboxylic acid groups (broad SMARTS) is 1. The first-order chi connectivity index (χ1) is 15.4. The van der Waals surface area contributed by atoms with Crippen molar-refractivity contribution in [1.82, 2.24) is 9.97 Å². The molecule has 2 N–H and O–H groups in total. The third-order valence-electron chi connectivity index (χ3n) is 5.28. The van der Waals surface area contributed by atoms with Gasteiger partial charge in [-0.1, -0.05) is 36.7 Å². The number of carboxylic acids is 1. The highest BCUT2D eigenvalue weighted by atomic mass is 35.5. The van der Waals surface area contributed by atoms with E-state index in [-0.39, 0.29) is 22.8 Å². The SMILES string of the molecule is Cc1cnc([C@@](O)([C@@H](C)c2ccc(OCc3ccc(C(=O)O)cc3)cc2Cl)C(F)(F)F)cn1. The van der Waals surface area contributed by atoms with Crippen molar-refractivity contribution >= 4 is 17.6 Å². The van der Waals surface area contributed by atoms with Crippen LogP contribution in [0.2, 0.25) is 5.02 Å². The number of aryl methyl sites for hydroxylation is 1. The molecule has 0 spiro atoms. The monoisotopic (exact) mass is 480 g/mol. The molecule has 1 heterocycles. The summed E-state index contributed by atoms with van der Waals surface area (Å²) in [7, 11) is 0. The Hall–Kier alpha value is -3.17. The summed E-state index contributed by atoms with van der Waals surface area (Å²) in [5, 5.41) is 19.7. The molecule has 174 valence electrons. The maximum absolute atomic E-state index is 14.0. The summed E-state index contributed by atoms with van der Waals surface area (Å²) in [6, 6.07) is 10.2. The summed E-state index contributed by atoms with van der Waals surface area (Å²) in [6.07, 6.45) is -2.99. The van der Waals surface area contributed by atoms with Gasteiger partial charge in [-0.15, -0.1) is 0 Å². The van der Waals surface area contributed by atoms with Crippen molar-refractivity contribution in [2.24, 2.45) is 0 Å². The van der Waals surface area contributed by atoms with Gasteiger partial charge in [0.15, 0.2) is 0 Å². The number of rotatable bonds is 7. The van der Waals surface area contributed by atoms with E-state index in [1.54, 1.807) is 19.1 Å². The van der Waals surface area contributed by atoms with Gasteiger partial charge in [-0.3, -0.25) is 9.97 Å². The molecular formula is C23H20ClF3N2O4. The number of ether oxygens (including phenoxy) is 1. The minimum absolute atomic E-state index is 0.0241. The van der Waals surface area contributed by atoms with Crippen LogP contribution in [-0.4, -0.2) is 32.3 Å². The first kappa shape index (κ1) is 24.5. The van der Waals surface area contributed by atoms with Crippen LogP contribution in [-0.2, 0) is 12.2 Å². The Bertz CT molecular complexity index is 1140. The van der Waals surface area contributed by atoms with E-state index in [9.17, 15) is 23.1 Å². The van der Waals surface area contributed by atoms with E-state index in [1.807, 2.05) is 0 Å². The zero-order valence-corrected chi connectivity index (χ0v) is 18.4. The van der Waals surface area contributed by atoms with Crippen molar-refractivity contribution in [3.8, 4) is 5.75 Å². The first-order valence-electron chi connectivity index (χ1n) is 9.76. The molecular weight excluding hydrogens is 461 g/mol. The number of aromatic nitrogens is 2. The van der Waals surface area contributed by atoms with Crippen LogP contribution >= 0.6 is 11.6 Å². The van der Waals surface area contributed by atoms with Gasteiger partial charge in [0, 0.05) is 17.1 Å². The fourth-order valence-electron chi connectivity index (χ4n) is 3.29. The van der Waals surface area contributed by atoms with Gasteiger partial charge < -0.3 is 14.9 Å². The summed E-state index contributed by atoms with van der Waals surface area (Å²) in [6.45, 7) is 2.88. The maximum Gasteiger partial charge on any atom is 0.423 e. The van der Waals surface area contributed by atoms with Gasteiger partial charge >= 0.3 is 12.1 Å². The lowest BCUT2D eigenvalue weighted by molar-refractivity contribution is -0.276. The van der Waals surface area contributed by atoms with Gasteiger partial charge in [0.05, 0.1) is 17.5 Å². The van der Waals surface area contributed by atoms with Crippen LogP contribution in [0.25, 0.3) is 0 Å². The van der Waals surface area contributed by atoms with Gasteiger partial charge in [-0.05, 0) is 42.3 Å². The van der Waals surface area contributed by atoms with Gasteiger partial charge in [0.2, 0.25) is 5.60 Å². The molecule has 2 atom stereocenters. The third-order valence-corrected chi connectivity index (χ3v) is 5.60. The molecule has 0 saturated heterocycles. The second kappa shape index (κ2) is 9.36. The smallest absolute Gasteiger partial charge is 0.423 e. The number of benzene rings is 2. The van der Waals surface area contributed by atoms with Crippen LogP contribution in [0.1, 0.15) is 45.7 Å². The molecule has 0 radical (unpaired) electrons. The summed E-state index contributed by atoms with van der Waals surface area (Å²) in [4.78, 5) is 18.5. The molecule has 0 unspecified atom stereocenters. The van der Waals surface area contributed by atoms with Crippen LogP contribution in [0.5, 0.6) is 5.75 Å². The quantitative estimate of drug-likeness (QED) is 0.478. The van der Waals surface area contributed by atoms with Crippen LogP contribution in [0.15, 0.2) is 54.9 Å². The first-order valence-corrected chi connectivity index (χ1v) is 10.1. The normalized spacial score (nSPS) is 14.4. The van der Waals surface area contributed by atoms with E-state index >= 15 is 0 Å². The van der Waals surface area contributed by atoms with Gasteiger partial charge in [0.1, 0.15) is 18.1 Å². The maximum atomic E-state index is 14.0. The Morgan fingerprint density at radius 2 is 1.79 bits per heavy atom. The van der Waals surface area contributed by atoms with Crippen LogP contribution in [0, 0.1) is 6.92 Å². The largest absolute Gasteiger partial charge is 0.489 e. The number of hydrogen-bond donors (Lipinski definition) is 2. The minimum atomic E-state index is -5.04. The third kappa shape index (κ3) is 5.09. The van der Waals surface area contributed by atoms with E-state index < -0.39 is 29.4 Å². The lowest BCUT2D eigenvalue weighted by atomic mass is 9.80. The second-order valence-electron chi connectivity index (χ2n) is 7.50. The number of halogens is 4. The average molecular weight is 481 g/mol. The zero-order chi connectivity index (χ0) is 24.4. The molecule has 0 amide bonds. The molecule has 0 bridgehead atoms. The molecule has 3 rings (SSSR count). The number of alkyl halides is 3. The topological polar surface area (TPSA) is 92.5 Å². The fraction of sp³-hybridized carbons (Fsp3) is 0.261. The molecule has 33 heavy (non-hydrogen) atoms. The van der Waals surface area contributed by atoms with Gasteiger partial charge in [0.25, 0.3) is 0 Å². The number of aliphatic hydroxyl groups is 1. The molecule has 3 aromatic rings. The Balaban J connectivity index is 1.83. The molecule has 10 heteroatoms.